The fraction of sp³-hybridized carbons (Fsp3) is 0.556. The largest absolute Gasteiger partial charge is 0.323 e. The quantitative estimate of drug-likeness (QED) is 0.789. The average molecular weight is 206 g/mol. The molecule has 1 unspecified atom stereocenters. The number of thiophene rings is 1. The van der Waals surface area contributed by atoms with Crippen LogP contribution in [0.25, 0.3) is 0 Å². The minimum atomic E-state index is 0. The fourth-order valence-corrected chi connectivity index (χ4v) is 2.01. The van der Waals surface area contributed by atoms with Crippen molar-refractivity contribution < 1.29 is 0 Å². The van der Waals surface area contributed by atoms with Gasteiger partial charge < -0.3 is 5.73 Å². The van der Waals surface area contributed by atoms with Crippen LogP contribution in [0.5, 0.6) is 0 Å². The van der Waals surface area contributed by atoms with Crippen LogP contribution in [-0.2, 0) is 0 Å². The maximum Gasteiger partial charge on any atom is 0.0413 e. The summed E-state index contributed by atoms with van der Waals surface area (Å²) in [5.41, 5.74) is 5.96. The number of halogens is 1. The van der Waals surface area contributed by atoms with E-state index >= 15 is 0 Å². The van der Waals surface area contributed by atoms with E-state index in [0.717, 1.165) is 0 Å². The molecule has 0 spiro atoms. The lowest BCUT2D eigenvalue weighted by Crippen LogP contribution is -2.14. The third-order valence-electron chi connectivity index (χ3n) is 1.81. The van der Waals surface area contributed by atoms with Gasteiger partial charge in [-0.25, -0.2) is 0 Å². The Morgan fingerprint density at radius 3 is 2.25 bits per heavy atom. The topological polar surface area (TPSA) is 26.0 Å². The van der Waals surface area contributed by atoms with Gasteiger partial charge in [-0.15, -0.1) is 23.7 Å². The second kappa shape index (κ2) is 4.85. The van der Waals surface area contributed by atoms with Crippen LogP contribution in [0.15, 0.2) is 12.1 Å². The molecule has 12 heavy (non-hydrogen) atoms. The lowest BCUT2D eigenvalue weighted by Gasteiger charge is -2.12. The maximum absolute atomic E-state index is 5.96. The van der Waals surface area contributed by atoms with Crippen molar-refractivity contribution in [1.82, 2.24) is 0 Å². The number of nitrogens with two attached hydrogens (primary N) is 1. The average Bonchev–Trinajstić information content (AvgIpc) is 2.34. The Morgan fingerprint density at radius 2 is 1.92 bits per heavy atom. The maximum atomic E-state index is 5.96. The molecule has 1 nitrogen and oxygen atoms in total. The summed E-state index contributed by atoms with van der Waals surface area (Å²) in [5.74, 6) is 0.535. The molecule has 70 valence electrons. The van der Waals surface area contributed by atoms with Crippen LogP contribution in [0, 0.1) is 12.8 Å². The second-order valence-corrected chi connectivity index (χ2v) is 4.54. The molecule has 3 heteroatoms. The molecule has 2 N–H and O–H groups in total. The lowest BCUT2D eigenvalue weighted by atomic mass is 10.0. The molecule has 0 radical (unpaired) electrons. The van der Waals surface area contributed by atoms with Crippen molar-refractivity contribution in [2.75, 3.05) is 0 Å². The van der Waals surface area contributed by atoms with E-state index in [2.05, 4.69) is 32.9 Å². The first-order chi connectivity index (χ1) is 5.11. The predicted molar refractivity (Wildman–Crippen MR) is 58.1 cm³/mol. The summed E-state index contributed by atoms with van der Waals surface area (Å²) >= 11 is 1.80. The highest BCUT2D eigenvalue weighted by Crippen LogP contribution is 2.25. The Labute approximate surface area is 84.4 Å². The Balaban J connectivity index is 0.00000121. The van der Waals surface area contributed by atoms with Crippen LogP contribution in [-0.4, -0.2) is 0 Å². The molecule has 1 aromatic rings. The van der Waals surface area contributed by atoms with E-state index in [1.807, 2.05) is 0 Å². The molecule has 0 saturated carbocycles. The molecule has 0 fully saturated rings. The first-order valence-corrected chi connectivity index (χ1v) is 4.75. The predicted octanol–water partition coefficient (Wildman–Crippen LogP) is 3.13. The van der Waals surface area contributed by atoms with Crippen molar-refractivity contribution in [2.24, 2.45) is 11.7 Å². The van der Waals surface area contributed by atoms with Crippen molar-refractivity contribution in [3.8, 4) is 0 Å². The number of hydrogen-bond donors (Lipinski definition) is 1. The molecule has 1 heterocycles. The number of aryl methyl sites for hydroxylation is 1. The molecule has 0 bridgehead atoms. The van der Waals surface area contributed by atoms with Gasteiger partial charge in [0.05, 0.1) is 0 Å². The normalized spacial score (nSPS) is 12.8. The van der Waals surface area contributed by atoms with Gasteiger partial charge in [0.1, 0.15) is 0 Å². The van der Waals surface area contributed by atoms with Crippen LogP contribution < -0.4 is 5.73 Å². The highest BCUT2D eigenvalue weighted by molar-refractivity contribution is 7.12. The van der Waals surface area contributed by atoms with E-state index in [-0.39, 0.29) is 18.4 Å². The van der Waals surface area contributed by atoms with Gasteiger partial charge in [-0.1, -0.05) is 13.8 Å². The van der Waals surface area contributed by atoms with Crippen LogP contribution in [0.4, 0.5) is 0 Å². The van der Waals surface area contributed by atoms with E-state index in [0.29, 0.717) is 5.92 Å². The first kappa shape index (κ1) is 11.9. The molecule has 0 aliphatic heterocycles. The zero-order chi connectivity index (χ0) is 8.43. The van der Waals surface area contributed by atoms with E-state index in [9.17, 15) is 0 Å². The fourth-order valence-electron chi connectivity index (χ4n) is 0.961. The minimum absolute atomic E-state index is 0. The van der Waals surface area contributed by atoms with Crippen molar-refractivity contribution in [3.63, 3.8) is 0 Å². The molecule has 0 saturated heterocycles. The summed E-state index contributed by atoms with van der Waals surface area (Å²) in [6.45, 7) is 6.42. The van der Waals surface area contributed by atoms with Crippen LogP contribution in [0.2, 0.25) is 0 Å². The zero-order valence-corrected chi connectivity index (χ0v) is 9.34. The minimum Gasteiger partial charge on any atom is -0.323 e. The molecule has 0 amide bonds. The Hall–Kier alpha value is -0.0500. The molecular formula is C9H16ClNS. The van der Waals surface area contributed by atoms with Crippen molar-refractivity contribution in [3.05, 3.63) is 21.9 Å². The van der Waals surface area contributed by atoms with Crippen LogP contribution in [0.3, 0.4) is 0 Å². The van der Waals surface area contributed by atoms with E-state index in [4.69, 9.17) is 5.73 Å². The molecular weight excluding hydrogens is 190 g/mol. The molecule has 0 aliphatic rings. The van der Waals surface area contributed by atoms with Crippen LogP contribution >= 0.6 is 23.7 Å². The van der Waals surface area contributed by atoms with Gasteiger partial charge >= 0.3 is 0 Å². The van der Waals surface area contributed by atoms with Gasteiger partial charge in [-0.3, -0.25) is 0 Å². The van der Waals surface area contributed by atoms with Gasteiger partial charge in [0, 0.05) is 15.8 Å². The molecule has 1 atom stereocenters. The summed E-state index contributed by atoms with van der Waals surface area (Å²) in [5, 5.41) is 0. The third-order valence-corrected chi connectivity index (χ3v) is 2.91. The lowest BCUT2D eigenvalue weighted by molar-refractivity contribution is 0.521. The van der Waals surface area contributed by atoms with E-state index in [1.54, 1.807) is 11.3 Å². The van der Waals surface area contributed by atoms with E-state index < -0.39 is 0 Å². The Morgan fingerprint density at radius 1 is 1.33 bits per heavy atom. The second-order valence-electron chi connectivity index (χ2n) is 3.22. The number of hydrogen-bond acceptors (Lipinski definition) is 2. The summed E-state index contributed by atoms with van der Waals surface area (Å²) in [7, 11) is 0. The van der Waals surface area contributed by atoms with Crippen LogP contribution in [0.1, 0.15) is 29.6 Å². The monoisotopic (exact) mass is 205 g/mol. The Bertz CT molecular complexity index is 232. The van der Waals surface area contributed by atoms with E-state index in [1.165, 1.54) is 9.75 Å². The van der Waals surface area contributed by atoms with Crippen molar-refractivity contribution in [1.29, 1.82) is 0 Å². The van der Waals surface area contributed by atoms with Gasteiger partial charge in [0.2, 0.25) is 0 Å². The number of rotatable bonds is 2. The highest BCUT2D eigenvalue weighted by Gasteiger charge is 2.11. The molecule has 1 aromatic heterocycles. The SMILES string of the molecule is Cc1ccc(C(N)C(C)C)s1.Cl. The van der Waals surface area contributed by atoms with Gasteiger partial charge in [0.25, 0.3) is 0 Å². The summed E-state index contributed by atoms with van der Waals surface area (Å²) in [6, 6.07) is 4.47. The van der Waals surface area contributed by atoms with Crippen molar-refractivity contribution >= 4 is 23.7 Å². The first-order valence-electron chi connectivity index (χ1n) is 3.93. The Kier molecular flexibility index (Phi) is 4.83. The summed E-state index contributed by atoms with van der Waals surface area (Å²) in [4.78, 5) is 2.65. The van der Waals surface area contributed by atoms with Gasteiger partial charge in [0.15, 0.2) is 0 Å². The molecule has 0 aromatic carbocycles. The molecule has 0 aliphatic carbocycles. The van der Waals surface area contributed by atoms with Gasteiger partial charge in [-0.2, -0.15) is 0 Å². The van der Waals surface area contributed by atoms with Gasteiger partial charge in [-0.05, 0) is 25.0 Å². The summed E-state index contributed by atoms with van der Waals surface area (Å²) < 4.78 is 0. The highest BCUT2D eigenvalue weighted by atomic mass is 35.5. The van der Waals surface area contributed by atoms with Crippen molar-refractivity contribution in [2.45, 2.75) is 26.8 Å². The summed E-state index contributed by atoms with van der Waals surface area (Å²) in [6.07, 6.45) is 0. The third kappa shape index (κ3) is 2.77. The molecule has 1 rings (SSSR count). The zero-order valence-electron chi connectivity index (χ0n) is 7.70. The smallest absolute Gasteiger partial charge is 0.0413 e. The standard InChI is InChI=1S/C9H15NS.ClH/c1-6(2)9(10)8-5-4-7(3)11-8;/h4-6,9H,10H2,1-3H3;1H.